The summed E-state index contributed by atoms with van der Waals surface area (Å²) in [6.45, 7) is 15.5. The van der Waals surface area contributed by atoms with Crippen molar-refractivity contribution in [3.63, 3.8) is 0 Å². The second-order valence-electron chi connectivity index (χ2n) is 12.5. The molecule has 0 aliphatic heterocycles. The summed E-state index contributed by atoms with van der Waals surface area (Å²) >= 11 is 0. The highest BCUT2D eigenvalue weighted by Gasteiger charge is 2.24. The summed E-state index contributed by atoms with van der Waals surface area (Å²) in [6, 6.07) is 9.20. The van der Waals surface area contributed by atoms with Gasteiger partial charge >= 0.3 is 18.4 Å². The van der Waals surface area contributed by atoms with Crippen LogP contribution in [0.1, 0.15) is 73.6 Å². The number of allylic oxidation sites excluding steroid dienone is 1. The number of nitrogens with zero attached hydrogens (tertiary/aromatic N) is 3. The SMILES string of the molecule is CC(C)(C)OC(=O)OC(=O)OC(C)(C)C.COc1ccc2c(ccn2C(=O)OC(C)(C)C)n1.COc1ccc2c(n1)C=CC2. The number of aromatic nitrogens is 3. The van der Waals surface area contributed by atoms with E-state index in [1.165, 1.54) is 10.1 Å². The molecule has 0 fully saturated rings. The second-order valence-corrected chi connectivity index (χ2v) is 12.5. The van der Waals surface area contributed by atoms with E-state index in [1.807, 2.05) is 32.9 Å². The molecule has 0 unspecified atom stereocenters. The molecule has 0 spiro atoms. The molecule has 0 atom stereocenters. The summed E-state index contributed by atoms with van der Waals surface area (Å²) in [5, 5.41) is 0. The van der Waals surface area contributed by atoms with Crippen molar-refractivity contribution < 1.29 is 42.8 Å². The van der Waals surface area contributed by atoms with E-state index in [0.29, 0.717) is 22.8 Å². The highest BCUT2D eigenvalue weighted by molar-refractivity contribution is 5.87. The molecule has 240 valence electrons. The van der Waals surface area contributed by atoms with Gasteiger partial charge in [-0.05, 0) is 92.5 Å². The minimum atomic E-state index is -1.06. The standard InChI is InChI=1S/C13H16N2O3.C10H18O5.C9H9NO/c1-13(2,3)18-12(16)15-8-7-9-10(15)5-6-11(14-9)17-4;1-9(2,3)14-7(11)13-8(12)15-10(4,5)6;1-11-9-6-5-7-3-2-4-8(7)10-9/h5-8H,1-4H3;1-6H3;2,4-6H,3H2,1H3. The maximum Gasteiger partial charge on any atom is 0.519 e. The van der Waals surface area contributed by atoms with Crippen LogP contribution in [-0.2, 0) is 25.4 Å². The van der Waals surface area contributed by atoms with Crippen LogP contribution in [0.3, 0.4) is 0 Å². The molecule has 44 heavy (non-hydrogen) atoms. The smallest absolute Gasteiger partial charge is 0.481 e. The van der Waals surface area contributed by atoms with E-state index in [9.17, 15) is 14.4 Å². The Kier molecular flexibility index (Phi) is 11.9. The molecular weight excluding hydrogens is 570 g/mol. The fraction of sp³-hybridized carbons (Fsp3) is 0.469. The predicted octanol–water partition coefficient (Wildman–Crippen LogP) is 7.36. The lowest BCUT2D eigenvalue weighted by molar-refractivity contribution is -0.0294. The van der Waals surface area contributed by atoms with Crippen LogP contribution < -0.4 is 9.47 Å². The minimum Gasteiger partial charge on any atom is -0.481 e. The summed E-state index contributed by atoms with van der Waals surface area (Å²) in [5.74, 6) is 1.21. The van der Waals surface area contributed by atoms with Gasteiger partial charge in [0.25, 0.3) is 0 Å². The van der Waals surface area contributed by atoms with Crippen molar-refractivity contribution in [2.45, 2.75) is 85.5 Å². The molecular formula is C32H43N3O9. The third-order valence-corrected chi connectivity index (χ3v) is 5.07. The number of carbonyl (C=O) groups is 3. The molecule has 3 heterocycles. The third-order valence-electron chi connectivity index (χ3n) is 5.07. The molecule has 3 aromatic rings. The zero-order valence-corrected chi connectivity index (χ0v) is 27.3. The van der Waals surface area contributed by atoms with E-state index in [-0.39, 0.29) is 0 Å². The Morgan fingerprint density at radius 2 is 1.23 bits per heavy atom. The maximum absolute atomic E-state index is 12.0. The average molecular weight is 614 g/mol. The zero-order valence-electron chi connectivity index (χ0n) is 27.3. The van der Waals surface area contributed by atoms with Gasteiger partial charge in [0.05, 0.1) is 30.9 Å². The van der Waals surface area contributed by atoms with Gasteiger partial charge in [0, 0.05) is 18.3 Å². The highest BCUT2D eigenvalue weighted by Crippen LogP contribution is 2.21. The van der Waals surface area contributed by atoms with E-state index in [2.05, 4.69) is 26.8 Å². The summed E-state index contributed by atoms with van der Waals surface area (Å²) in [6.07, 6.45) is 4.25. The normalized spacial score (nSPS) is 12.1. The number of rotatable bonds is 2. The van der Waals surface area contributed by atoms with Gasteiger partial charge < -0.3 is 28.4 Å². The highest BCUT2D eigenvalue weighted by atomic mass is 16.8. The summed E-state index contributed by atoms with van der Waals surface area (Å²) < 4.78 is 30.6. The van der Waals surface area contributed by atoms with Gasteiger partial charge in [-0.1, -0.05) is 12.1 Å². The van der Waals surface area contributed by atoms with Gasteiger partial charge in [0.1, 0.15) is 16.8 Å². The molecule has 0 amide bonds. The average Bonchev–Trinajstić information content (AvgIpc) is 3.52. The Bertz CT molecular complexity index is 1450. The number of pyridine rings is 2. The Hall–Kier alpha value is -4.61. The number of fused-ring (bicyclic) bond motifs is 2. The molecule has 12 nitrogen and oxygen atoms in total. The fourth-order valence-electron chi connectivity index (χ4n) is 3.41. The van der Waals surface area contributed by atoms with Crippen molar-refractivity contribution in [1.82, 2.24) is 14.5 Å². The maximum atomic E-state index is 12.0. The number of carbonyl (C=O) groups excluding carboxylic acids is 3. The van der Waals surface area contributed by atoms with Gasteiger partial charge in [-0.2, -0.15) is 0 Å². The van der Waals surface area contributed by atoms with Gasteiger partial charge in [0.15, 0.2) is 0 Å². The molecule has 0 saturated heterocycles. The van der Waals surface area contributed by atoms with Crippen molar-refractivity contribution in [2.24, 2.45) is 0 Å². The number of hydrogen-bond donors (Lipinski definition) is 0. The molecule has 0 aromatic carbocycles. The van der Waals surface area contributed by atoms with E-state index in [4.69, 9.17) is 23.7 Å². The summed E-state index contributed by atoms with van der Waals surface area (Å²) in [5.41, 5.74) is 1.81. The monoisotopic (exact) mass is 613 g/mol. The van der Waals surface area contributed by atoms with Crippen LogP contribution in [0.5, 0.6) is 11.8 Å². The van der Waals surface area contributed by atoms with E-state index in [1.54, 1.807) is 80.2 Å². The fourth-order valence-corrected chi connectivity index (χ4v) is 3.41. The lowest BCUT2D eigenvalue weighted by atomic mass is 10.2. The van der Waals surface area contributed by atoms with Crippen molar-refractivity contribution in [2.75, 3.05) is 14.2 Å². The topological polar surface area (TPSA) is 137 Å². The van der Waals surface area contributed by atoms with Crippen LogP contribution in [0, 0.1) is 0 Å². The molecule has 1 aliphatic carbocycles. The molecule has 4 rings (SSSR count). The Balaban J connectivity index is 0.000000237. The van der Waals surface area contributed by atoms with Crippen LogP contribution >= 0.6 is 0 Å². The van der Waals surface area contributed by atoms with E-state index < -0.39 is 35.2 Å². The molecule has 0 bridgehead atoms. The van der Waals surface area contributed by atoms with Crippen LogP contribution in [0.25, 0.3) is 17.1 Å². The molecule has 0 N–H and O–H groups in total. The first kappa shape index (κ1) is 35.6. The number of ether oxygens (including phenoxy) is 6. The first-order chi connectivity index (χ1) is 20.3. The quantitative estimate of drug-likeness (QED) is 0.163. The van der Waals surface area contributed by atoms with Gasteiger partial charge in [-0.25, -0.2) is 24.4 Å². The van der Waals surface area contributed by atoms with Crippen LogP contribution in [0.2, 0.25) is 0 Å². The third kappa shape index (κ3) is 12.3. The Morgan fingerprint density at radius 3 is 1.75 bits per heavy atom. The molecule has 0 radical (unpaired) electrons. The van der Waals surface area contributed by atoms with Gasteiger partial charge in [-0.3, -0.25) is 4.57 Å². The van der Waals surface area contributed by atoms with Crippen LogP contribution in [0.15, 0.2) is 42.6 Å². The predicted molar refractivity (Wildman–Crippen MR) is 165 cm³/mol. The van der Waals surface area contributed by atoms with Crippen molar-refractivity contribution in [1.29, 1.82) is 0 Å². The van der Waals surface area contributed by atoms with E-state index >= 15 is 0 Å². The van der Waals surface area contributed by atoms with Crippen molar-refractivity contribution >= 4 is 35.5 Å². The lowest BCUT2D eigenvalue weighted by Gasteiger charge is -2.20. The van der Waals surface area contributed by atoms with Crippen LogP contribution in [0.4, 0.5) is 14.4 Å². The molecule has 3 aromatic heterocycles. The first-order valence-corrected chi connectivity index (χ1v) is 13.9. The van der Waals surface area contributed by atoms with E-state index in [0.717, 1.165) is 12.1 Å². The van der Waals surface area contributed by atoms with Crippen molar-refractivity contribution in [3.05, 3.63) is 53.9 Å². The lowest BCUT2D eigenvalue weighted by Crippen LogP contribution is -2.29. The largest absolute Gasteiger partial charge is 0.519 e. The summed E-state index contributed by atoms with van der Waals surface area (Å²) in [7, 11) is 3.19. The van der Waals surface area contributed by atoms with Crippen molar-refractivity contribution in [3.8, 4) is 11.8 Å². The molecule has 0 saturated carbocycles. The Morgan fingerprint density at radius 1 is 0.705 bits per heavy atom. The second kappa shape index (κ2) is 14.7. The van der Waals surface area contributed by atoms with Gasteiger partial charge in [-0.15, -0.1) is 0 Å². The number of hydrogen-bond acceptors (Lipinski definition) is 11. The molecule has 1 aliphatic rings. The summed E-state index contributed by atoms with van der Waals surface area (Å²) in [4.78, 5) is 42.5. The Labute approximate surface area is 258 Å². The molecule has 12 heteroatoms. The van der Waals surface area contributed by atoms with Gasteiger partial charge in [0.2, 0.25) is 11.8 Å². The first-order valence-electron chi connectivity index (χ1n) is 13.9. The zero-order chi connectivity index (χ0) is 33.3. The number of methoxy groups -OCH3 is 2. The van der Waals surface area contributed by atoms with Crippen LogP contribution in [-0.4, -0.2) is 64.0 Å². The minimum absolute atomic E-state index is 0.413.